The molecule has 1 aromatic carbocycles. The Morgan fingerprint density at radius 1 is 1.28 bits per heavy atom. The van der Waals surface area contributed by atoms with Crippen molar-refractivity contribution in [3.63, 3.8) is 0 Å². The van der Waals surface area contributed by atoms with Crippen LogP contribution in [0.3, 0.4) is 0 Å². The highest BCUT2D eigenvalue weighted by Gasteiger charge is 2.21. The van der Waals surface area contributed by atoms with E-state index >= 15 is 0 Å². The number of hydrogen-bond donors (Lipinski definition) is 1. The number of nitrogens with one attached hydrogen (secondary N) is 1. The maximum Gasteiger partial charge on any atom is 0.279 e. The minimum Gasteiger partial charge on any atom is -0.489 e. The highest BCUT2D eigenvalue weighted by atomic mass is 19.1. The molecule has 7 heteroatoms. The molecule has 0 aliphatic heterocycles. The lowest BCUT2D eigenvalue weighted by Crippen LogP contribution is -2.16. The van der Waals surface area contributed by atoms with Crippen LogP contribution in [0.1, 0.15) is 27.4 Å². The van der Waals surface area contributed by atoms with Crippen molar-refractivity contribution in [1.29, 1.82) is 0 Å². The number of ether oxygens (including phenoxy) is 1. The van der Waals surface area contributed by atoms with E-state index in [1.807, 2.05) is 13.0 Å². The molecular weight excluding hydrogens is 325 g/mol. The summed E-state index contributed by atoms with van der Waals surface area (Å²) in [6.07, 6.45) is 1.60. The number of nitrogens with zero attached hydrogens (tertiary/aromatic N) is 2. The molecule has 1 amide bonds. The number of halogens is 1. The number of aromatic nitrogens is 2. The fourth-order valence-electron chi connectivity index (χ4n) is 2.23. The fourth-order valence-corrected chi connectivity index (χ4v) is 2.23. The third kappa shape index (κ3) is 4.00. The summed E-state index contributed by atoms with van der Waals surface area (Å²) in [5.41, 5.74) is 1.57. The van der Waals surface area contributed by atoms with E-state index in [0.717, 1.165) is 5.56 Å². The molecule has 2 aromatic heterocycles. The van der Waals surface area contributed by atoms with Crippen LogP contribution < -0.4 is 10.1 Å². The van der Waals surface area contributed by atoms with Crippen molar-refractivity contribution in [2.24, 2.45) is 0 Å². The molecule has 0 radical (unpaired) electrons. The Labute approximate surface area is 143 Å². The molecular formula is C18H16FN3O3. The van der Waals surface area contributed by atoms with E-state index in [1.54, 1.807) is 31.3 Å². The number of pyridine rings is 1. The normalized spacial score (nSPS) is 10.5. The van der Waals surface area contributed by atoms with Crippen LogP contribution in [0.4, 0.5) is 10.2 Å². The van der Waals surface area contributed by atoms with Crippen molar-refractivity contribution in [1.82, 2.24) is 10.1 Å². The molecule has 0 spiro atoms. The average molecular weight is 341 g/mol. The number of carbonyl (C=O) groups excluding carboxylic acids is 1. The second-order valence-electron chi connectivity index (χ2n) is 5.48. The molecule has 25 heavy (non-hydrogen) atoms. The molecule has 128 valence electrons. The first-order valence-corrected chi connectivity index (χ1v) is 7.60. The van der Waals surface area contributed by atoms with Crippen LogP contribution in [-0.4, -0.2) is 16.0 Å². The van der Waals surface area contributed by atoms with E-state index in [2.05, 4.69) is 15.5 Å². The Kier molecular flexibility index (Phi) is 4.74. The second kappa shape index (κ2) is 7.12. The maximum atomic E-state index is 13.2. The SMILES string of the molecule is Cc1ccnc(NC(=O)c2noc(C)c2COc2cccc(F)c2)c1. The Morgan fingerprint density at radius 2 is 2.12 bits per heavy atom. The van der Waals surface area contributed by atoms with Crippen molar-refractivity contribution in [2.45, 2.75) is 20.5 Å². The van der Waals surface area contributed by atoms with Crippen LogP contribution >= 0.6 is 0 Å². The van der Waals surface area contributed by atoms with Gasteiger partial charge in [0.1, 0.15) is 29.8 Å². The lowest BCUT2D eigenvalue weighted by Gasteiger charge is -2.07. The van der Waals surface area contributed by atoms with Gasteiger partial charge < -0.3 is 14.6 Å². The summed E-state index contributed by atoms with van der Waals surface area (Å²) < 4.78 is 23.9. The van der Waals surface area contributed by atoms with Gasteiger partial charge in [0.25, 0.3) is 5.91 Å². The minimum atomic E-state index is -0.451. The topological polar surface area (TPSA) is 77.3 Å². The molecule has 0 aliphatic rings. The van der Waals surface area contributed by atoms with Gasteiger partial charge in [0.15, 0.2) is 5.69 Å². The van der Waals surface area contributed by atoms with Crippen molar-refractivity contribution in [2.75, 3.05) is 5.32 Å². The van der Waals surface area contributed by atoms with Gasteiger partial charge in [0, 0.05) is 12.3 Å². The van der Waals surface area contributed by atoms with Gasteiger partial charge in [-0.1, -0.05) is 11.2 Å². The van der Waals surface area contributed by atoms with Gasteiger partial charge in [0.2, 0.25) is 0 Å². The number of hydrogen-bond acceptors (Lipinski definition) is 5. The van der Waals surface area contributed by atoms with Gasteiger partial charge in [-0.3, -0.25) is 4.79 Å². The van der Waals surface area contributed by atoms with E-state index in [1.165, 1.54) is 12.1 Å². The Morgan fingerprint density at radius 3 is 2.88 bits per heavy atom. The van der Waals surface area contributed by atoms with Gasteiger partial charge in [-0.15, -0.1) is 0 Å². The molecule has 0 atom stereocenters. The third-order valence-corrected chi connectivity index (χ3v) is 3.54. The molecule has 6 nitrogen and oxygen atoms in total. The zero-order valence-corrected chi connectivity index (χ0v) is 13.7. The van der Waals surface area contributed by atoms with Gasteiger partial charge in [0.05, 0.1) is 5.56 Å². The monoisotopic (exact) mass is 341 g/mol. The first-order chi connectivity index (χ1) is 12.0. The summed E-state index contributed by atoms with van der Waals surface area (Å²) in [7, 11) is 0. The lowest BCUT2D eigenvalue weighted by atomic mass is 10.2. The average Bonchev–Trinajstić information content (AvgIpc) is 2.94. The highest BCUT2D eigenvalue weighted by Crippen LogP contribution is 2.19. The van der Waals surface area contributed by atoms with Crippen LogP contribution in [-0.2, 0) is 6.61 Å². The molecule has 3 rings (SSSR count). The summed E-state index contributed by atoms with van der Waals surface area (Å²) in [6, 6.07) is 9.33. The van der Waals surface area contributed by atoms with Crippen molar-refractivity contribution < 1.29 is 18.4 Å². The standard InChI is InChI=1S/C18H16FN3O3/c1-11-6-7-20-16(8-11)21-18(23)17-15(12(2)25-22-17)10-24-14-5-3-4-13(19)9-14/h3-9H,10H2,1-2H3,(H,20,21,23). The zero-order chi connectivity index (χ0) is 17.8. The summed E-state index contributed by atoms with van der Waals surface area (Å²) >= 11 is 0. The predicted molar refractivity (Wildman–Crippen MR) is 88.9 cm³/mol. The maximum absolute atomic E-state index is 13.2. The molecule has 0 saturated carbocycles. The predicted octanol–water partition coefficient (Wildman–Crippen LogP) is 3.66. The number of carbonyl (C=O) groups is 1. The Hall–Kier alpha value is -3.22. The largest absolute Gasteiger partial charge is 0.489 e. The van der Waals surface area contributed by atoms with Gasteiger partial charge in [-0.2, -0.15) is 0 Å². The van der Waals surface area contributed by atoms with Gasteiger partial charge in [-0.25, -0.2) is 9.37 Å². The molecule has 0 saturated heterocycles. The van der Waals surface area contributed by atoms with Crippen molar-refractivity contribution >= 4 is 11.7 Å². The molecule has 0 unspecified atom stereocenters. The first kappa shape index (κ1) is 16.6. The van der Waals surface area contributed by atoms with E-state index in [0.29, 0.717) is 22.9 Å². The molecule has 0 fully saturated rings. The molecule has 0 bridgehead atoms. The first-order valence-electron chi connectivity index (χ1n) is 7.60. The molecule has 2 heterocycles. The molecule has 1 N–H and O–H groups in total. The Bertz CT molecular complexity index is 908. The van der Waals surface area contributed by atoms with E-state index in [9.17, 15) is 9.18 Å². The number of aryl methyl sites for hydroxylation is 2. The zero-order valence-electron chi connectivity index (χ0n) is 13.7. The minimum absolute atomic E-state index is 0.0305. The number of amides is 1. The summed E-state index contributed by atoms with van der Waals surface area (Å²) in [4.78, 5) is 16.5. The third-order valence-electron chi connectivity index (χ3n) is 3.54. The second-order valence-corrected chi connectivity index (χ2v) is 5.48. The van der Waals surface area contributed by atoms with Crippen molar-refractivity contribution in [3.8, 4) is 5.75 Å². The quantitative estimate of drug-likeness (QED) is 0.766. The van der Waals surface area contributed by atoms with Crippen LogP contribution in [0.25, 0.3) is 0 Å². The van der Waals surface area contributed by atoms with Gasteiger partial charge in [-0.05, 0) is 43.7 Å². The van der Waals surface area contributed by atoms with Crippen molar-refractivity contribution in [3.05, 3.63) is 71.0 Å². The number of benzene rings is 1. The lowest BCUT2D eigenvalue weighted by molar-refractivity contribution is 0.101. The molecule has 0 aliphatic carbocycles. The van der Waals surface area contributed by atoms with Crippen LogP contribution in [0.5, 0.6) is 5.75 Å². The summed E-state index contributed by atoms with van der Waals surface area (Å²) in [5.74, 6) is 0.379. The van der Waals surface area contributed by atoms with Crippen LogP contribution in [0.2, 0.25) is 0 Å². The van der Waals surface area contributed by atoms with E-state index < -0.39 is 11.7 Å². The van der Waals surface area contributed by atoms with Crippen LogP contribution in [0.15, 0.2) is 47.1 Å². The summed E-state index contributed by atoms with van der Waals surface area (Å²) in [6.45, 7) is 3.61. The van der Waals surface area contributed by atoms with E-state index in [4.69, 9.17) is 9.26 Å². The summed E-state index contributed by atoms with van der Waals surface area (Å²) in [5, 5.41) is 6.47. The van der Waals surface area contributed by atoms with Crippen LogP contribution in [0, 0.1) is 19.7 Å². The van der Waals surface area contributed by atoms with Gasteiger partial charge >= 0.3 is 0 Å². The van der Waals surface area contributed by atoms with E-state index in [-0.39, 0.29) is 12.3 Å². The smallest absolute Gasteiger partial charge is 0.279 e. The highest BCUT2D eigenvalue weighted by molar-refractivity contribution is 6.03. The molecule has 3 aromatic rings. The number of anilines is 1. The fraction of sp³-hybridized carbons (Fsp3) is 0.167. The number of rotatable bonds is 5. The Balaban J connectivity index is 1.75.